The van der Waals surface area contributed by atoms with Crippen molar-refractivity contribution in [3.05, 3.63) is 23.8 Å². The van der Waals surface area contributed by atoms with Crippen molar-refractivity contribution in [2.24, 2.45) is 5.73 Å². The topological polar surface area (TPSA) is 103 Å². The Morgan fingerprint density at radius 1 is 1.32 bits per heavy atom. The minimum atomic E-state index is -3.23. The van der Waals surface area contributed by atoms with Crippen LogP contribution in [0.25, 0.3) is 0 Å². The van der Waals surface area contributed by atoms with Crippen molar-refractivity contribution in [1.29, 1.82) is 0 Å². The fourth-order valence-corrected chi connectivity index (χ4v) is 4.19. The number of carbonyl (C=O) groups is 1. The van der Waals surface area contributed by atoms with Crippen LogP contribution in [0.15, 0.2) is 23.1 Å². The largest absolute Gasteiger partial charge is 0.398 e. The van der Waals surface area contributed by atoms with Gasteiger partial charge in [0.25, 0.3) is 0 Å². The minimum absolute atomic E-state index is 0.0122. The monoisotopic (exact) mass is 302 g/mol. The number of benzene rings is 1. The van der Waals surface area contributed by atoms with Crippen molar-refractivity contribution < 1.29 is 13.2 Å². The van der Waals surface area contributed by atoms with Crippen molar-refractivity contribution >= 4 is 33.2 Å². The number of hydrogen-bond donors (Lipinski definition) is 2. The summed E-state index contributed by atoms with van der Waals surface area (Å²) >= 11 is 1.40. The quantitative estimate of drug-likeness (QED) is 0.577. The zero-order valence-electron chi connectivity index (χ0n) is 10.8. The van der Waals surface area contributed by atoms with E-state index in [1.165, 1.54) is 11.8 Å². The van der Waals surface area contributed by atoms with E-state index in [4.69, 9.17) is 11.5 Å². The highest BCUT2D eigenvalue weighted by Crippen LogP contribution is 2.26. The lowest BCUT2D eigenvalue weighted by Crippen LogP contribution is -2.19. The van der Waals surface area contributed by atoms with Gasteiger partial charge in [0.2, 0.25) is 5.91 Å². The van der Waals surface area contributed by atoms with Crippen molar-refractivity contribution in [3.8, 4) is 0 Å². The van der Waals surface area contributed by atoms with E-state index in [1.807, 2.05) is 19.1 Å². The van der Waals surface area contributed by atoms with Crippen LogP contribution in [0.4, 0.5) is 5.69 Å². The summed E-state index contributed by atoms with van der Waals surface area (Å²) in [7, 11) is -3.23. The zero-order valence-corrected chi connectivity index (χ0v) is 12.4. The summed E-state index contributed by atoms with van der Waals surface area (Å²) in [5, 5.41) is 0. The van der Waals surface area contributed by atoms with Crippen LogP contribution in [0.3, 0.4) is 0 Å². The Bertz CT molecular complexity index is 556. The third kappa shape index (κ3) is 5.98. The Balaban J connectivity index is 2.49. The van der Waals surface area contributed by atoms with Crippen LogP contribution in [-0.2, 0) is 14.6 Å². The standard InChI is InChI=1S/C12H18N2O3S2/c1-9-2-3-10(13)11(8-9)18-5-7-19(16,17)6-4-12(14)15/h2-3,8H,4-7,13H2,1H3,(H2,14,15). The summed E-state index contributed by atoms with van der Waals surface area (Å²) in [6.45, 7) is 1.95. The fraction of sp³-hybridized carbons (Fsp3) is 0.417. The Morgan fingerprint density at radius 2 is 2.00 bits per heavy atom. The first-order valence-electron chi connectivity index (χ1n) is 5.78. The number of anilines is 1. The molecule has 1 amide bonds. The summed E-state index contributed by atoms with van der Waals surface area (Å²) in [4.78, 5) is 11.4. The first kappa shape index (κ1) is 15.8. The predicted molar refractivity (Wildman–Crippen MR) is 78.8 cm³/mol. The molecule has 0 saturated carbocycles. The highest BCUT2D eigenvalue weighted by atomic mass is 32.2. The molecule has 5 nitrogen and oxygen atoms in total. The maximum atomic E-state index is 11.6. The second-order valence-electron chi connectivity index (χ2n) is 4.26. The lowest BCUT2D eigenvalue weighted by atomic mass is 10.2. The molecule has 4 N–H and O–H groups in total. The van der Waals surface area contributed by atoms with Gasteiger partial charge in [-0.15, -0.1) is 11.8 Å². The number of hydrogen-bond acceptors (Lipinski definition) is 5. The first-order chi connectivity index (χ1) is 8.80. The molecule has 1 rings (SSSR count). The van der Waals surface area contributed by atoms with Gasteiger partial charge in [-0.3, -0.25) is 4.79 Å². The van der Waals surface area contributed by atoms with Crippen LogP contribution in [-0.4, -0.2) is 31.6 Å². The van der Waals surface area contributed by atoms with Crippen molar-refractivity contribution in [2.75, 3.05) is 23.0 Å². The number of primary amides is 1. The molecule has 19 heavy (non-hydrogen) atoms. The summed E-state index contributed by atoms with van der Waals surface area (Å²) in [6.07, 6.45) is -0.125. The number of nitrogen functional groups attached to an aromatic ring is 1. The van der Waals surface area contributed by atoms with Crippen molar-refractivity contribution in [1.82, 2.24) is 0 Å². The molecule has 7 heteroatoms. The van der Waals surface area contributed by atoms with Gasteiger partial charge in [-0.1, -0.05) is 6.07 Å². The molecule has 1 aromatic carbocycles. The Kier molecular flexibility index (Phi) is 5.68. The molecule has 0 aliphatic carbocycles. The van der Waals surface area contributed by atoms with Gasteiger partial charge < -0.3 is 11.5 Å². The fourth-order valence-electron chi connectivity index (χ4n) is 1.40. The van der Waals surface area contributed by atoms with E-state index in [1.54, 1.807) is 6.07 Å². The van der Waals surface area contributed by atoms with E-state index in [9.17, 15) is 13.2 Å². The van der Waals surface area contributed by atoms with Gasteiger partial charge in [-0.2, -0.15) is 0 Å². The molecule has 0 aromatic heterocycles. The average molecular weight is 302 g/mol. The number of aryl methyl sites for hydroxylation is 1. The number of amides is 1. The molecule has 0 spiro atoms. The SMILES string of the molecule is Cc1ccc(N)c(SCCS(=O)(=O)CCC(N)=O)c1. The van der Waals surface area contributed by atoms with E-state index in [0.717, 1.165) is 10.5 Å². The maximum absolute atomic E-state index is 11.6. The van der Waals surface area contributed by atoms with E-state index in [-0.39, 0.29) is 17.9 Å². The van der Waals surface area contributed by atoms with Crippen LogP contribution in [0.1, 0.15) is 12.0 Å². The van der Waals surface area contributed by atoms with Gasteiger partial charge in [-0.05, 0) is 24.6 Å². The summed E-state index contributed by atoms with van der Waals surface area (Å²) in [5.41, 5.74) is 12.5. The normalized spacial score (nSPS) is 11.4. The average Bonchev–Trinajstić information content (AvgIpc) is 2.31. The van der Waals surface area contributed by atoms with E-state index in [0.29, 0.717) is 11.4 Å². The minimum Gasteiger partial charge on any atom is -0.398 e. The Morgan fingerprint density at radius 3 is 2.63 bits per heavy atom. The van der Waals surface area contributed by atoms with Crippen LogP contribution >= 0.6 is 11.8 Å². The second-order valence-corrected chi connectivity index (χ2v) is 7.70. The van der Waals surface area contributed by atoms with Crippen LogP contribution in [0.5, 0.6) is 0 Å². The number of sulfone groups is 1. The van der Waals surface area contributed by atoms with E-state index in [2.05, 4.69) is 0 Å². The lowest BCUT2D eigenvalue weighted by molar-refractivity contribution is -0.117. The van der Waals surface area contributed by atoms with Gasteiger partial charge in [0.15, 0.2) is 9.84 Å². The number of carbonyl (C=O) groups excluding carboxylic acids is 1. The highest BCUT2D eigenvalue weighted by molar-refractivity contribution is 8.00. The summed E-state index contributed by atoms with van der Waals surface area (Å²) in [5.74, 6) is -0.363. The smallest absolute Gasteiger partial charge is 0.218 e. The van der Waals surface area contributed by atoms with Crippen molar-refractivity contribution in [3.63, 3.8) is 0 Å². The number of thioether (sulfide) groups is 1. The van der Waals surface area contributed by atoms with Gasteiger partial charge in [0, 0.05) is 22.8 Å². The summed E-state index contributed by atoms with van der Waals surface area (Å²) < 4.78 is 23.2. The molecule has 106 valence electrons. The molecule has 0 saturated heterocycles. The maximum Gasteiger partial charge on any atom is 0.218 e. The van der Waals surface area contributed by atoms with E-state index < -0.39 is 15.7 Å². The molecule has 0 bridgehead atoms. The molecule has 0 fully saturated rings. The second kappa shape index (κ2) is 6.81. The van der Waals surface area contributed by atoms with Crippen LogP contribution < -0.4 is 11.5 Å². The Hall–Kier alpha value is -1.21. The molecule has 1 aromatic rings. The third-order valence-corrected chi connectivity index (χ3v) is 5.46. The first-order valence-corrected chi connectivity index (χ1v) is 8.58. The molecular weight excluding hydrogens is 284 g/mol. The van der Waals surface area contributed by atoms with Gasteiger partial charge in [0.05, 0.1) is 11.5 Å². The summed E-state index contributed by atoms with van der Waals surface area (Å²) in [6, 6.07) is 5.64. The highest BCUT2D eigenvalue weighted by Gasteiger charge is 2.12. The molecule has 0 radical (unpaired) electrons. The molecule has 0 atom stereocenters. The molecular formula is C12H18N2O3S2. The van der Waals surface area contributed by atoms with Gasteiger partial charge in [-0.25, -0.2) is 8.42 Å². The molecule has 0 heterocycles. The van der Waals surface area contributed by atoms with E-state index >= 15 is 0 Å². The third-order valence-electron chi connectivity index (χ3n) is 2.48. The number of rotatable bonds is 7. The molecule has 0 unspecified atom stereocenters. The Labute approximate surface area is 117 Å². The van der Waals surface area contributed by atoms with Gasteiger partial charge in [0.1, 0.15) is 0 Å². The molecule has 0 aliphatic rings. The number of nitrogens with two attached hydrogens (primary N) is 2. The molecule has 0 aliphatic heterocycles. The lowest BCUT2D eigenvalue weighted by Gasteiger charge is -2.07. The van der Waals surface area contributed by atoms with Crippen molar-refractivity contribution in [2.45, 2.75) is 18.2 Å². The predicted octanol–water partition coefficient (Wildman–Crippen LogP) is 0.960. The van der Waals surface area contributed by atoms with Crippen LogP contribution in [0.2, 0.25) is 0 Å². The zero-order chi connectivity index (χ0) is 14.5. The van der Waals surface area contributed by atoms with Crippen LogP contribution in [0, 0.1) is 6.92 Å². The van der Waals surface area contributed by atoms with Gasteiger partial charge >= 0.3 is 0 Å².